The summed E-state index contributed by atoms with van der Waals surface area (Å²) in [6.45, 7) is 2.31. The Morgan fingerprint density at radius 2 is 2.00 bits per heavy atom. The third kappa shape index (κ3) is 1.60. The normalized spacial score (nSPS) is 16.3. The van der Waals surface area contributed by atoms with Crippen LogP contribution in [0.15, 0.2) is 18.2 Å². The number of benzene rings is 1. The second-order valence-electron chi connectivity index (χ2n) is 3.65. The van der Waals surface area contributed by atoms with Crippen LogP contribution in [0.4, 0.5) is 10.1 Å². The Labute approximate surface area is 83.5 Å². The van der Waals surface area contributed by atoms with Gasteiger partial charge in [-0.3, -0.25) is 0 Å². The monoisotopic (exact) mass is 194 g/mol. The molecule has 3 heteroatoms. The largest absolute Gasteiger partial charge is 0.369 e. The van der Waals surface area contributed by atoms with Crippen molar-refractivity contribution in [3.05, 3.63) is 29.6 Å². The highest BCUT2D eigenvalue weighted by atomic mass is 19.1. The Morgan fingerprint density at radius 3 is 2.64 bits per heavy atom. The van der Waals surface area contributed by atoms with Gasteiger partial charge in [-0.25, -0.2) is 4.39 Å². The summed E-state index contributed by atoms with van der Waals surface area (Å²) < 4.78 is 13.6. The summed E-state index contributed by atoms with van der Waals surface area (Å²) in [6.07, 6.45) is 2.30. The maximum atomic E-state index is 13.6. The zero-order valence-corrected chi connectivity index (χ0v) is 8.17. The summed E-state index contributed by atoms with van der Waals surface area (Å²) in [5, 5.41) is 0. The molecule has 1 aromatic rings. The number of rotatable bonds is 2. The van der Waals surface area contributed by atoms with Crippen molar-refractivity contribution in [1.29, 1.82) is 0 Å². The predicted molar refractivity (Wildman–Crippen MR) is 55.7 cm³/mol. The standard InChI is InChI=1S/C11H15FN2/c12-10-5-3-4-9(8-13)11(10)14-6-1-2-7-14/h3-5H,1-2,6-8,13H2. The average Bonchev–Trinajstić information content (AvgIpc) is 2.70. The molecule has 0 aliphatic carbocycles. The van der Waals surface area contributed by atoms with Crippen LogP contribution in [0, 0.1) is 5.82 Å². The van der Waals surface area contributed by atoms with Gasteiger partial charge in [0.2, 0.25) is 0 Å². The van der Waals surface area contributed by atoms with E-state index in [1.165, 1.54) is 6.07 Å². The molecule has 2 nitrogen and oxygen atoms in total. The van der Waals surface area contributed by atoms with Gasteiger partial charge in [-0.05, 0) is 24.5 Å². The number of hydrogen-bond acceptors (Lipinski definition) is 2. The lowest BCUT2D eigenvalue weighted by Crippen LogP contribution is -2.21. The van der Waals surface area contributed by atoms with Crippen LogP contribution in [0.5, 0.6) is 0 Å². The van der Waals surface area contributed by atoms with E-state index in [1.807, 2.05) is 6.07 Å². The van der Waals surface area contributed by atoms with Crippen molar-refractivity contribution in [2.24, 2.45) is 5.73 Å². The van der Waals surface area contributed by atoms with Gasteiger partial charge in [-0.2, -0.15) is 0 Å². The molecular weight excluding hydrogens is 179 g/mol. The van der Waals surface area contributed by atoms with Gasteiger partial charge in [0, 0.05) is 19.6 Å². The summed E-state index contributed by atoms with van der Waals surface area (Å²) in [7, 11) is 0. The fourth-order valence-electron chi connectivity index (χ4n) is 2.02. The first-order valence-corrected chi connectivity index (χ1v) is 5.05. The number of hydrogen-bond donors (Lipinski definition) is 1. The maximum Gasteiger partial charge on any atom is 0.146 e. The van der Waals surface area contributed by atoms with Crippen LogP contribution in [0.2, 0.25) is 0 Å². The molecule has 0 saturated carbocycles. The van der Waals surface area contributed by atoms with Crippen molar-refractivity contribution in [3.63, 3.8) is 0 Å². The first-order chi connectivity index (χ1) is 6.83. The van der Waals surface area contributed by atoms with Crippen LogP contribution in [0.3, 0.4) is 0 Å². The summed E-state index contributed by atoms with van der Waals surface area (Å²) in [4.78, 5) is 2.09. The first-order valence-electron chi connectivity index (χ1n) is 5.05. The van der Waals surface area contributed by atoms with Crippen LogP contribution in [-0.2, 0) is 6.54 Å². The van der Waals surface area contributed by atoms with Gasteiger partial charge in [0.15, 0.2) is 0 Å². The fraction of sp³-hybridized carbons (Fsp3) is 0.455. The molecule has 14 heavy (non-hydrogen) atoms. The van der Waals surface area contributed by atoms with Gasteiger partial charge in [-0.15, -0.1) is 0 Å². The SMILES string of the molecule is NCc1cccc(F)c1N1CCCC1. The Morgan fingerprint density at radius 1 is 1.29 bits per heavy atom. The zero-order valence-electron chi connectivity index (χ0n) is 8.17. The highest BCUT2D eigenvalue weighted by molar-refractivity contribution is 5.55. The molecule has 2 rings (SSSR count). The minimum absolute atomic E-state index is 0.144. The van der Waals surface area contributed by atoms with Crippen LogP contribution >= 0.6 is 0 Å². The second kappa shape index (κ2) is 3.96. The number of anilines is 1. The topological polar surface area (TPSA) is 29.3 Å². The molecule has 1 aliphatic heterocycles. The number of para-hydroxylation sites is 1. The van der Waals surface area contributed by atoms with E-state index in [0.29, 0.717) is 12.2 Å². The minimum Gasteiger partial charge on any atom is -0.369 e. The van der Waals surface area contributed by atoms with Crippen molar-refractivity contribution in [2.45, 2.75) is 19.4 Å². The maximum absolute atomic E-state index is 13.6. The second-order valence-corrected chi connectivity index (χ2v) is 3.65. The summed E-state index contributed by atoms with van der Waals surface area (Å²) >= 11 is 0. The Balaban J connectivity index is 2.37. The third-order valence-corrected chi connectivity index (χ3v) is 2.71. The minimum atomic E-state index is -0.144. The van der Waals surface area contributed by atoms with Crippen molar-refractivity contribution < 1.29 is 4.39 Å². The molecule has 0 amide bonds. The molecule has 0 radical (unpaired) electrons. The fourth-order valence-corrected chi connectivity index (χ4v) is 2.02. The molecule has 1 fully saturated rings. The predicted octanol–water partition coefficient (Wildman–Crippen LogP) is 1.88. The van der Waals surface area contributed by atoms with Gasteiger partial charge in [-0.1, -0.05) is 12.1 Å². The Bertz CT molecular complexity index is 319. The van der Waals surface area contributed by atoms with E-state index in [9.17, 15) is 4.39 Å². The van der Waals surface area contributed by atoms with E-state index in [1.54, 1.807) is 6.07 Å². The lowest BCUT2D eigenvalue weighted by Gasteiger charge is -2.21. The zero-order chi connectivity index (χ0) is 9.97. The number of nitrogens with zero attached hydrogens (tertiary/aromatic N) is 1. The molecule has 1 saturated heterocycles. The Kier molecular flexibility index (Phi) is 2.68. The van der Waals surface area contributed by atoms with Crippen LogP contribution in [-0.4, -0.2) is 13.1 Å². The molecule has 0 atom stereocenters. The van der Waals surface area contributed by atoms with E-state index in [4.69, 9.17) is 5.73 Å². The molecule has 2 N–H and O–H groups in total. The molecule has 76 valence electrons. The van der Waals surface area contributed by atoms with Gasteiger partial charge in [0.1, 0.15) is 5.82 Å². The first kappa shape index (κ1) is 9.46. The smallest absolute Gasteiger partial charge is 0.146 e. The summed E-state index contributed by atoms with van der Waals surface area (Å²) in [5.41, 5.74) is 7.22. The van der Waals surface area contributed by atoms with Crippen LogP contribution < -0.4 is 10.6 Å². The number of halogens is 1. The summed E-state index contributed by atoms with van der Waals surface area (Å²) in [5.74, 6) is -0.144. The lowest BCUT2D eigenvalue weighted by molar-refractivity contribution is 0.620. The van der Waals surface area contributed by atoms with Crippen molar-refractivity contribution >= 4 is 5.69 Å². The van der Waals surface area contributed by atoms with Gasteiger partial charge in [0.05, 0.1) is 5.69 Å². The van der Waals surface area contributed by atoms with Gasteiger partial charge in [0.25, 0.3) is 0 Å². The van der Waals surface area contributed by atoms with E-state index >= 15 is 0 Å². The van der Waals surface area contributed by atoms with E-state index in [-0.39, 0.29) is 5.82 Å². The lowest BCUT2D eigenvalue weighted by atomic mass is 10.1. The number of nitrogens with two attached hydrogens (primary N) is 1. The molecule has 0 spiro atoms. The quantitative estimate of drug-likeness (QED) is 0.779. The van der Waals surface area contributed by atoms with Gasteiger partial charge >= 0.3 is 0 Å². The third-order valence-electron chi connectivity index (χ3n) is 2.71. The van der Waals surface area contributed by atoms with Crippen LogP contribution in [0.25, 0.3) is 0 Å². The molecule has 0 bridgehead atoms. The van der Waals surface area contributed by atoms with Crippen molar-refractivity contribution in [2.75, 3.05) is 18.0 Å². The molecule has 1 aliphatic rings. The molecule has 0 unspecified atom stereocenters. The highest BCUT2D eigenvalue weighted by Gasteiger charge is 2.18. The van der Waals surface area contributed by atoms with Gasteiger partial charge < -0.3 is 10.6 Å². The van der Waals surface area contributed by atoms with E-state index in [0.717, 1.165) is 31.5 Å². The Hall–Kier alpha value is -1.09. The highest BCUT2D eigenvalue weighted by Crippen LogP contribution is 2.27. The van der Waals surface area contributed by atoms with E-state index in [2.05, 4.69) is 4.90 Å². The van der Waals surface area contributed by atoms with E-state index < -0.39 is 0 Å². The molecular formula is C11H15FN2. The molecule has 1 aromatic carbocycles. The summed E-state index contributed by atoms with van der Waals surface area (Å²) in [6, 6.07) is 5.13. The van der Waals surface area contributed by atoms with Crippen LogP contribution in [0.1, 0.15) is 18.4 Å². The molecule has 0 aromatic heterocycles. The molecule has 1 heterocycles. The van der Waals surface area contributed by atoms with Crippen molar-refractivity contribution in [3.8, 4) is 0 Å². The van der Waals surface area contributed by atoms with Crippen molar-refractivity contribution in [1.82, 2.24) is 0 Å². The average molecular weight is 194 g/mol.